The number of imidazole rings is 2. The first kappa shape index (κ1) is 42.2. The highest BCUT2D eigenvalue weighted by Gasteiger charge is 2.42. The molecule has 15 nitrogen and oxygen atoms in total. The summed E-state index contributed by atoms with van der Waals surface area (Å²) in [6.45, 7) is 4.49. The van der Waals surface area contributed by atoms with Crippen LogP contribution in [0.4, 0.5) is 9.59 Å². The van der Waals surface area contributed by atoms with Crippen molar-refractivity contribution in [3.8, 4) is 39.7 Å². The van der Waals surface area contributed by atoms with Gasteiger partial charge < -0.3 is 39.9 Å². The molecule has 2 aromatic heterocycles. The number of H-pyrrole nitrogens is 2. The molecule has 0 saturated carbocycles. The standard InChI is InChI=1S/C48H49N9O6/c1-28(2)41(54-47(60)62-3)45(58)57-27-29(24-49)21-40(57)44-51-26-38(53-44)36-19-18-34-22-33(16-17-35(34)23-36)30-12-14-31(15-13-30)37-25-50-43(52-37)39-11-8-20-56(39)46(59)42(55-48(61)63-4)32-9-6-5-7-10-32/h5-7,9-10,12-19,22-23,25-26,28-29,39-42H,8,11,20-21,27H2,1-4H3,(H,50,52)(H,51,53)(H,54,60)(H,55,61)/t29-,39-,40-,41-,42+/m0/s1. The third-order valence-electron chi connectivity index (χ3n) is 12.0. The first-order chi connectivity index (χ1) is 30.5. The number of carbonyl (C=O) groups excluding carboxylic acids is 4. The lowest BCUT2D eigenvalue weighted by atomic mass is 9.98. The fourth-order valence-corrected chi connectivity index (χ4v) is 8.64. The Morgan fingerprint density at radius 2 is 1.32 bits per heavy atom. The first-order valence-electron chi connectivity index (χ1n) is 21.0. The highest BCUT2D eigenvalue weighted by Crippen LogP contribution is 2.37. The van der Waals surface area contributed by atoms with Crippen molar-refractivity contribution in [3.05, 3.63) is 121 Å². The normalized spacial score (nSPS) is 18.2. The van der Waals surface area contributed by atoms with Crippen LogP contribution in [-0.4, -0.2) is 87.1 Å². The molecule has 8 rings (SSSR count). The maximum Gasteiger partial charge on any atom is 0.407 e. The second kappa shape index (κ2) is 18.3. The Morgan fingerprint density at radius 3 is 1.97 bits per heavy atom. The van der Waals surface area contributed by atoms with E-state index in [1.54, 1.807) is 22.2 Å². The van der Waals surface area contributed by atoms with E-state index in [1.807, 2.05) is 50.2 Å². The molecule has 2 aliphatic heterocycles. The van der Waals surface area contributed by atoms with Gasteiger partial charge in [0, 0.05) is 18.7 Å². The average molecular weight is 848 g/mol. The van der Waals surface area contributed by atoms with Gasteiger partial charge in [0.15, 0.2) is 0 Å². The summed E-state index contributed by atoms with van der Waals surface area (Å²) >= 11 is 0. The number of carbonyl (C=O) groups is 4. The van der Waals surface area contributed by atoms with Crippen LogP contribution in [-0.2, 0) is 19.1 Å². The van der Waals surface area contributed by atoms with Gasteiger partial charge in [0.05, 0.1) is 62.1 Å². The Kier molecular flexibility index (Phi) is 12.2. The molecule has 4 amide bonds. The summed E-state index contributed by atoms with van der Waals surface area (Å²) in [5.74, 6) is 0.206. The molecule has 4 aromatic carbocycles. The second-order valence-electron chi connectivity index (χ2n) is 16.3. The smallest absolute Gasteiger partial charge is 0.407 e. The lowest BCUT2D eigenvalue weighted by Crippen LogP contribution is -2.51. The number of nitriles is 1. The van der Waals surface area contributed by atoms with Gasteiger partial charge in [-0.2, -0.15) is 5.26 Å². The highest BCUT2D eigenvalue weighted by atomic mass is 16.5. The molecule has 0 radical (unpaired) electrons. The summed E-state index contributed by atoms with van der Waals surface area (Å²) in [6.07, 6.45) is 4.16. The highest BCUT2D eigenvalue weighted by molar-refractivity contribution is 5.91. The van der Waals surface area contributed by atoms with Gasteiger partial charge in [-0.05, 0) is 70.3 Å². The Hall–Kier alpha value is -7.47. The number of benzene rings is 4. The van der Waals surface area contributed by atoms with Gasteiger partial charge in [0.25, 0.3) is 5.91 Å². The molecule has 0 aliphatic carbocycles. The molecule has 0 spiro atoms. The van der Waals surface area contributed by atoms with E-state index in [0.717, 1.165) is 57.3 Å². The zero-order valence-electron chi connectivity index (χ0n) is 35.5. The largest absolute Gasteiger partial charge is 0.453 e. The maximum absolute atomic E-state index is 13.9. The van der Waals surface area contributed by atoms with Crippen LogP contribution in [0.2, 0.25) is 0 Å². The van der Waals surface area contributed by atoms with Crippen LogP contribution in [0.1, 0.15) is 68.4 Å². The van der Waals surface area contributed by atoms with Gasteiger partial charge >= 0.3 is 12.2 Å². The Balaban J connectivity index is 0.954. The second-order valence-corrected chi connectivity index (χ2v) is 16.3. The molecule has 0 bridgehead atoms. The van der Waals surface area contributed by atoms with Crippen LogP contribution in [0.25, 0.3) is 44.4 Å². The monoisotopic (exact) mass is 847 g/mol. The number of ether oxygens (including phenoxy) is 2. The van der Waals surface area contributed by atoms with E-state index in [0.29, 0.717) is 30.2 Å². The van der Waals surface area contributed by atoms with Gasteiger partial charge in [-0.15, -0.1) is 0 Å². The molecule has 6 aromatic rings. The number of likely N-dealkylation sites (tertiary alicyclic amines) is 2. The van der Waals surface area contributed by atoms with E-state index in [-0.39, 0.29) is 36.2 Å². The van der Waals surface area contributed by atoms with Crippen molar-refractivity contribution in [3.63, 3.8) is 0 Å². The van der Waals surface area contributed by atoms with Gasteiger partial charge in [0.2, 0.25) is 5.91 Å². The molecule has 4 heterocycles. The summed E-state index contributed by atoms with van der Waals surface area (Å²) in [6, 6.07) is 29.8. The molecule has 63 heavy (non-hydrogen) atoms. The van der Waals surface area contributed by atoms with Crippen molar-refractivity contribution in [1.29, 1.82) is 5.26 Å². The molecule has 4 N–H and O–H groups in total. The van der Waals surface area contributed by atoms with Crippen molar-refractivity contribution >= 4 is 34.8 Å². The molecular weight excluding hydrogens is 799 g/mol. The molecule has 5 atom stereocenters. The Bertz CT molecular complexity index is 2670. The maximum atomic E-state index is 13.9. The van der Waals surface area contributed by atoms with Crippen LogP contribution in [0.3, 0.4) is 0 Å². The van der Waals surface area contributed by atoms with Crippen LogP contribution < -0.4 is 10.6 Å². The number of methoxy groups -OCH3 is 2. The molecule has 322 valence electrons. The number of alkyl carbamates (subject to hydrolysis) is 2. The Morgan fingerprint density at radius 1 is 0.730 bits per heavy atom. The lowest BCUT2D eigenvalue weighted by Gasteiger charge is -2.29. The number of aromatic nitrogens is 4. The van der Waals surface area contributed by atoms with E-state index in [9.17, 15) is 24.4 Å². The first-order valence-corrected chi connectivity index (χ1v) is 21.0. The van der Waals surface area contributed by atoms with Crippen molar-refractivity contribution in [2.75, 3.05) is 27.3 Å². The van der Waals surface area contributed by atoms with Crippen molar-refractivity contribution < 1.29 is 28.7 Å². The molecular formula is C48H49N9O6. The van der Waals surface area contributed by atoms with Crippen molar-refractivity contribution in [1.82, 2.24) is 40.4 Å². The SMILES string of the molecule is COC(=O)N[C@H](C(=O)N1C[C@H](C#N)C[C@H]1c1ncc(-c2ccc3cc(-c4ccc(-c5cnc([C@@H]6CCCN6C(=O)[C@H](NC(=O)OC)c6ccccc6)[nH]5)cc4)ccc3c2)[nH]1)C(C)C. The fraction of sp³-hybridized carbons (Fsp3) is 0.312. The van der Waals surface area contributed by atoms with E-state index >= 15 is 0 Å². The zero-order chi connectivity index (χ0) is 44.2. The number of aromatic amines is 2. The van der Waals surface area contributed by atoms with Crippen LogP contribution in [0, 0.1) is 23.2 Å². The molecule has 15 heteroatoms. The summed E-state index contributed by atoms with van der Waals surface area (Å²) in [7, 11) is 2.53. The van der Waals surface area contributed by atoms with Crippen molar-refractivity contribution in [2.24, 2.45) is 11.8 Å². The minimum Gasteiger partial charge on any atom is -0.453 e. The van der Waals surface area contributed by atoms with Gasteiger partial charge in [-0.3, -0.25) is 9.59 Å². The Labute approximate surface area is 364 Å². The van der Waals surface area contributed by atoms with E-state index in [4.69, 9.17) is 14.5 Å². The van der Waals surface area contributed by atoms with Gasteiger partial charge in [-0.25, -0.2) is 19.6 Å². The van der Waals surface area contributed by atoms with E-state index < -0.39 is 30.3 Å². The number of amides is 4. The van der Waals surface area contributed by atoms with E-state index in [1.165, 1.54) is 14.2 Å². The average Bonchev–Trinajstić information content (AvgIpc) is 4.16. The zero-order valence-corrected chi connectivity index (χ0v) is 35.5. The number of hydrogen-bond acceptors (Lipinski definition) is 9. The molecule has 2 fully saturated rings. The van der Waals surface area contributed by atoms with Crippen LogP contribution in [0.5, 0.6) is 0 Å². The minimum atomic E-state index is -0.889. The predicted molar refractivity (Wildman–Crippen MR) is 235 cm³/mol. The van der Waals surface area contributed by atoms with Crippen LogP contribution in [0.15, 0.2) is 103 Å². The number of nitrogens with one attached hydrogen (secondary N) is 4. The number of hydrogen-bond donors (Lipinski definition) is 4. The topological polar surface area (TPSA) is 198 Å². The third-order valence-corrected chi connectivity index (χ3v) is 12.0. The molecule has 0 unspecified atom stereocenters. The number of fused-ring (bicyclic) bond motifs is 1. The lowest BCUT2D eigenvalue weighted by molar-refractivity contribution is -0.136. The summed E-state index contributed by atoms with van der Waals surface area (Å²) in [5, 5.41) is 17.3. The number of rotatable bonds is 11. The van der Waals surface area contributed by atoms with Crippen LogP contribution >= 0.6 is 0 Å². The quantitative estimate of drug-likeness (QED) is 0.100. The summed E-state index contributed by atoms with van der Waals surface area (Å²) < 4.78 is 9.59. The summed E-state index contributed by atoms with van der Waals surface area (Å²) in [4.78, 5) is 71.6. The summed E-state index contributed by atoms with van der Waals surface area (Å²) in [5.41, 5.74) is 6.29. The third kappa shape index (κ3) is 8.83. The fourth-order valence-electron chi connectivity index (χ4n) is 8.64. The molecule has 2 saturated heterocycles. The number of nitrogens with zero attached hydrogens (tertiary/aromatic N) is 5. The van der Waals surface area contributed by atoms with Gasteiger partial charge in [-0.1, -0.05) is 92.7 Å². The van der Waals surface area contributed by atoms with Crippen molar-refractivity contribution in [2.45, 2.75) is 57.3 Å². The molecule has 2 aliphatic rings. The minimum absolute atomic E-state index is 0.200. The van der Waals surface area contributed by atoms with Gasteiger partial charge in [0.1, 0.15) is 23.7 Å². The van der Waals surface area contributed by atoms with E-state index in [2.05, 4.69) is 86.3 Å². The predicted octanol–water partition coefficient (Wildman–Crippen LogP) is 7.84.